The van der Waals surface area contributed by atoms with E-state index in [4.69, 9.17) is 0 Å². The van der Waals surface area contributed by atoms with Crippen LogP contribution in [0, 0.1) is 13.8 Å². The van der Waals surface area contributed by atoms with Crippen LogP contribution in [0.3, 0.4) is 0 Å². The molecule has 0 aromatic carbocycles. The fourth-order valence-corrected chi connectivity index (χ4v) is 3.14. The Labute approximate surface area is 129 Å². The van der Waals surface area contributed by atoms with Gasteiger partial charge in [0.15, 0.2) is 0 Å². The van der Waals surface area contributed by atoms with Gasteiger partial charge in [0.2, 0.25) is 0 Å². The summed E-state index contributed by atoms with van der Waals surface area (Å²) in [6, 6.07) is 17.0. The number of hydrogen-bond acceptors (Lipinski definition) is 0. The molecule has 0 aliphatic carbocycles. The van der Waals surface area contributed by atoms with Crippen molar-refractivity contribution < 1.29 is 0 Å². The van der Waals surface area contributed by atoms with Crippen LogP contribution in [0.1, 0.15) is 22.5 Å². The van der Waals surface area contributed by atoms with Crippen LogP contribution < -0.4 is 0 Å². The fraction of sp³-hybridized carbons (Fsp3) is 0.100. The summed E-state index contributed by atoms with van der Waals surface area (Å²) in [4.78, 5) is 0. The zero-order chi connectivity index (χ0) is 15.1. The first-order valence-electron chi connectivity index (χ1n) is 7.55. The van der Waals surface area contributed by atoms with Gasteiger partial charge < -0.3 is 8.80 Å². The van der Waals surface area contributed by atoms with Gasteiger partial charge in [-0.25, -0.2) is 0 Å². The molecule has 0 fully saturated rings. The Morgan fingerprint density at radius 3 is 1.59 bits per heavy atom. The average Bonchev–Trinajstić information content (AvgIpc) is 3.01. The Bertz CT molecular complexity index is 917. The zero-order valence-corrected chi connectivity index (χ0v) is 12.8. The summed E-state index contributed by atoms with van der Waals surface area (Å²) in [5.41, 5.74) is 7.52. The molecular weight excluding hydrogens is 268 g/mol. The summed E-state index contributed by atoms with van der Waals surface area (Å²) >= 11 is 0. The summed E-state index contributed by atoms with van der Waals surface area (Å²) in [5.74, 6) is 0. The average molecular weight is 286 g/mol. The Kier molecular flexibility index (Phi) is 2.90. The number of aromatic nitrogens is 2. The highest BCUT2D eigenvalue weighted by Gasteiger charge is 2.05. The molecule has 2 heteroatoms. The highest BCUT2D eigenvalue weighted by molar-refractivity contribution is 5.75. The van der Waals surface area contributed by atoms with Gasteiger partial charge >= 0.3 is 0 Å². The molecule has 0 N–H and O–H groups in total. The molecule has 0 atom stereocenters. The van der Waals surface area contributed by atoms with E-state index in [2.05, 4.69) is 95.7 Å². The Morgan fingerprint density at radius 1 is 0.682 bits per heavy atom. The van der Waals surface area contributed by atoms with Crippen molar-refractivity contribution in [3.05, 3.63) is 83.4 Å². The second-order valence-electron chi connectivity index (χ2n) is 5.75. The molecule has 108 valence electrons. The normalized spacial score (nSPS) is 11.9. The molecule has 4 heterocycles. The van der Waals surface area contributed by atoms with E-state index in [9.17, 15) is 0 Å². The highest BCUT2D eigenvalue weighted by Crippen LogP contribution is 2.21. The van der Waals surface area contributed by atoms with Crippen molar-refractivity contribution in [1.82, 2.24) is 8.80 Å². The summed E-state index contributed by atoms with van der Waals surface area (Å²) in [7, 11) is 0. The van der Waals surface area contributed by atoms with Gasteiger partial charge in [-0.05, 0) is 73.5 Å². The summed E-state index contributed by atoms with van der Waals surface area (Å²) in [6.45, 7) is 4.32. The van der Waals surface area contributed by atoms with E-state index in [0.717, 1.165) is 0 Å². The maximum absolute atomic E-state index is 2.23. The van der Waals surface area contributed by atoms with Crippen molar-refractivity contribution in [3.63, 3.8) is 0 Å². The minimum atomic E-state index is 1.23. The van der Waals surface area contributed by atoms with Crippen molar-refractivity contribution in [2.45, 2.75) is 13.8 Å². The van der Waals surface area contributed by atoms with Crippen molar-refractivity contribution in [1.29, 1.82) is 0 Å². The van der Waals surface area contributed by atoms with Crippen LogP contribution in [0.4, 0.5) is 0 Å². The monoisotopic (exact) mass is 286 g/mol. The van der Waals surface area contributed by atoms with E-state index >= 15 is 0 Å². The predicted molar refractivity (Wildman–Crippen MR) is 93.2 cm³/mol. The number of pyridine rings is 2. The molecule has 0 saturated heterocycles. The molecule has 0 bridgehead atoms. The largest absolute Gasteiger partial charge is 0.317 e. The minimum absolute atomic E-state index is 1.23. The van der Waals surface area contributed by atoms with E-state index < -0.39 is 0 Å². The molecule has 4 aromatic rings. The fourth-order valence-electron chi connectivity index (χ4n) is 3.14. The summed E-state index contributed by atoms with van der Waals surface area (Å²) < 4.78 is 4.47. The second kappa shape index (κ2) is 4.92. The molecular formula is C20H18N2. The molecule has 0 saturated carbocycles. The quantitative estimate of drug-likeness (QED) is 0.491. The Hall–Kier alpha value is -2.74. The third-order valence-electron chi connectivity index (χ3n) is 4.24. The second-order valence-corrected chi connectivity index (χ2v) is 5.75. The lowest BCUT2D eigenvalue weighted by molar-refractivity contribution is 1.15. The Balaban J connectivity index is 1.86. The van der Waals surface area contributed by atoms with E-state index in [0.29, 0.717) is 0 Å². The third-order valence-corrected chi connectivity index (χ3v) is 4.24. The van der Waals surface area contributed by atoms with Crippen LogP contribution in [-0.4, -0.2) is 8.80 Å². The van der Waals surface area contributed by atoms with Gasteiger partial charge in [-0.15, -0.1) is 0 Å². The first kappa shape index (κ1) is 13.0. The van der Waals surface area contributed by atoms with E-state index in [-0.39, 0.29) is 0 Å². The molecule has 0 unspecified atom stereocenters. The molecule has 0 amide bonds. The van der Waals surface area contributed by atoms with Crippen LogP contribution in [-0.2, 0) is 0 Å². The smallest absolute Gasteiger partial charge is 0.0486 e. The van der Waals surface area contributed by atoms with Crippen molar-refractivity contribution in [3.8, 4) is 0 Å². The topological polar surface area (TPSA) is 8.82 Å². The molecule has 2 nitrogen and oxygen atoms in total. The molecule has 0 aliphatic heterocycles. The van der Waals surface area contributed by atoms with Gasteiger partial charge in [0.1, 0.15) is 0 Å². The first-order chi connectivity index (χ1) is 10.7. The molecule has 0 radical (unpaired) electrons. The lowest BCUT2D eigenvalue weighted by Crippen LogP contribution is -1.89. The molecule has 22 heavy (non-hydrogen) atoms. The molecule has 0 aliphatic rings. The van der Waals surface area contributed by atoms with Gasteiger partial charge in [0.05, 0.1) is 0 Å². The van der Waals surface area contributed by atoms with Crippen molar-refractivity contribution in [2.75, 3.05) is 0 Å². The molecule has 4 rings (SSSR count). The van der Waals surface area contributed by atoms with E-state index in [1.54, 1.807) is 0 Å². The number of fused-ring (bicyclic) bond motifs is 2. The number of hydrogen-bond donors (Lipinski definition) is 0. The number of nitrogens with zero attached hydrogens (tertiary/aromatic N) is 2. The third kappa shape index (κ3) is 1.96. The maximum Gasteiger partial charge on any atom is 0.0486 e. The summed E-state index contributed by atoms with van der Waals surface area (Å²) in [6.07, 6.45) is 8.66. The van der Waals surface area contributed by atoms with Gasteiger partial charge in [-0.3, -0.25) is 0 Å². The minimum Gasteiger partial charge on any atom is -0.317 e. The lowest BCUT2D eigenvalue weighted by Gasteiger charge is -2.01. The lowest BCUT2D eigenvalue weighted by atomic mass is 10.2. The Morgan fingerprint density at radius 2 is 1.14 bits per heavy atom. The van der Waals surface area contributed by atoms with Gasteiger partial charge in [-0.2, -0.15) is 0 Å². The van der Waals surface area contributed by atoms with E-state index in [1.165, 1.54) is 33.5 Å². The standard InChI is InChI=1S/C20H18N2/c1-15-13-17-7-3-5-11-21(17)19(15)9-10-20-16(2)14-18-8-4-6-12-22(18)20/h3-14H,1-2H3/b10-9+. The van der Waals surface area contributed by atoms with Gasteiger partial charge in [0.25, 0.3) is 0 Å². The van der Waals surface area contributed by atoms with Crippen LogP contribution in [0.25, 0.3) is 23.2 Å². The predicted octanol–water partition coefficient (Wildman–Crippen LogP) is 4.98. The van der Waals surface area contributed by atoms with E-state index in [1.807, 2.05) is 0 Å². The molecule has 0 spiro atoms. The van der Waals surface area contributed by atoms with Crippen LogP contribution in [0.5, 0.6) is 0 Å². The van der Waals surface area contributed by atoms with Crippen molar-refractivity contribution in [2.24, 2.45) is 0 Å². The first-order valence-corrected chi connectivity index (χ1v) is 7.55. The van der Waals surface area contributed by atoms with Crippen LogP contribution in [0.2, 0.25) is 0 Å². The number of rotatable bonds is 2. The van der Waals surface area contributed by atoms with Crippen molar-refractivity contribution >= 4 is 23.2 Å². The zero-order valence-electron chi connectivity index (χ0n) is 12.8. The van der Waals surface area contributed by atoms with Gasteiger partial charge in [0, 0.05) is 34.8 Å². The summed E-state index contributed by atoms with van der Waals surface area (Å²) in [5, 5.41) is 0. The van der Waals surface area contributed by atoms with Crippen LogP contribution >= 0.6 is 0 Å². The van der Waals surface area contributed by atoms with Gasteiger partial charge in [-0.1, -0.05) is 12.1 Å². The maximum atomic E-state index is 2.23. The van der Waals surface area contributed by atoms with Crippen LogP contribution in [0.15, 0.2) is 60.9 Å². The number of aryl methyl sites for hydroxylation is 2. The molecule has 4 aromatic heterocycles. The highest BCUT2D eigenvalue weighted by atomic mass is 14.9. The SMILES string of the molecule is Cc1cc2ccccn2c1/C=C/c1c(C)cc2ccccn12.